The topological polar surface area (TPSA) is 110 Å². The van der Waals surface area contributed by atoms with E-state index in [1.807, 2.05) is 6.07 Å². The molecule has 0 aliphatic carbocycles. The van der Waals surface area contributed by atoms with Gasteiger partial charge >= 0.3 is 0 Å². The van der Waals surface area contributed by atoms with Crippen LogP contribution < -0.4 is 15.4 Å². The van der Waals surface area contributed by atoms with Crippen molar-refractivity contribution in [3.63, 3.8) is 0 Å². The van der Waals surface area contributed by atoms with Crippen LogP contribution in [0.3, 0.4) is 0 Å². The number of rotatable bonds is 7. The molecule has 0 saturated carbocycles. The maximum Gasteiger partial charge on any atom is 0.264 e. The first-order valence-corrected chi connectivity index (χ1v) is 10.7. The van der Waals surface area contributed by atoms with Gasteiger partial charge in [0.25, 0.3) is 15.9 Å². The van der Waals surface area contributed by atoms with Gasteiger partial charge in [-0.3, -0.25) is 13.9 Å². The number of nitrogens with zero attached hydrogens (tertiary/aromatic N) is 1. The monoisotopic (exact) mass is 423 g/mol. The molecule has 7 nitrogen and oxygen atoms in total. The highest BCUT2D eigenvalue weighted by atomic mass is 32.2. The van der Waals surface area contributed by atoms with Gasteiger partial charge < -0.3 is 11.1 Å². The van der Waals surface area contributed by atoms with Crippen molar-refractivity contribution in [3.8, 4) is 0 Å². The summed E-state index contributed by atoms with van der Waals surface area (Å²) >= 11 is 0. The zero-order valence-corrected chi connectivity index (χ0v) is 17.1. The fourth-order valence-corrected chi connectivity index (χ4v) is 4.45. The minimum Gasteiger partial charge on any atom is -0.366 e. The lowest BCUT2D eigenvalue weighted by atomic mass is 10.2. The Bertz CT molecular complexity index is 1160. The van der Waals surface area contributed by atoms with Crippen LogP contribution in [0, 0.1) is 0 Å². The summed E-state index contributed by atoms with van der Waals surface area (Å²) in [5.41, 5.74) is 6.72. The van der Waals surface area contributed by atoms with Crippen molar-refractivity contribution in [3.05, 3.63) is 90.0 Å². The van der Waals surface area contributed by atoms with Crippen LogP contribution in [0.2, 0.25) is 0 Å². The molecule has 0 radical (unpaired) electrons. The minimum atomic E-state index is -3.85. The molecule has 30 heavy (non-hydrogen) atoms. The Morgan fingerprint density at radius 2 is 1.57 bits per heavy atom. The second-order valence-corrected chi connectivity index (χ2v) is 8.29. The number of amides is 2. The van der Waals surface area contributed by atoms with Crippen molar-refractivity contribution >= 4 is 33.2 Å². The largest absolute Gasteiger partial charge is 0.366 e. The van der Waals surface area contributed by atoms with Gasteiger partial charge in [0.05, 0.1) is 10.6 Å². The van der Waals surface area contributed by atoms with E-state index in [2.05, 4.69) is 5.32 Å². The average molecular weight is 423 g/mol. The number of hydrogen-bond donors (Lipinski definition) is 2. The van der Waals surface area contributed by atoms with Crippen LogP contribution in [0.5, 0.6) is 0 Å². The predicted molar refractivity (Wildman–Crippen MR) is 116 cm³/mol. The molecule has 2 amide bonds. The Kier molecular flexibility index (Phi) is 6.17. The lowest BCUT2D eigenvalue weighted by molar-refractivity contribution is 0.0998. The van der Waals surface area contributed by atoms with Crippen LogP contribution in [0.25, 0.3) is 0 Å². The standard InChI is InChI=1S/C22H21N3O4S/c1-2-25(19-8-4-3-5-9-19)30(28,29)20-10-6-7-17(15-20)22(27)24-18-13-11-16(12-14-18)21(23)26/h3-15H,2H2,1H3,(H2,23,26)(H,24,27). The van der Waals surface area contributed by atoms with E-state index >= 15 is 0 Å². The van der Waals surface area contributed by atoms with Crippen LogP contribution >= 0.6 is 0 Å². The Morgan fingerprint density at radius 3 is 2.17 bits per heavy atom. The minimum absolute atomic E-state index is 0.0185. The van der Waals surface area contributed by atoms with Gasteiger partial charge in [-0.25, -0.2) is 8.42 Å². The highest BCUT2D eigenvalue weighted by molar-refractivity contribution is 7.92. The van der Waals surface area contributed by atoms with Crippen LogP contribution in [0.1, 0.15) is 27.6 Å². The Labute approximate surface area is 175 Å². The number of primary amides is 1. The predicted octanol–water partition coefficient (Wildman–Crippen LogP) is 3.25. The summed E-state index contributed by atoms with van der Waals surface area (Å²) < 4.78 is 27.6. The number of carbonyl (C=O) groups excluding carboxylic acids is 2. The molecule has 154 valence electrons. The number of nitrogens with two attached hydrogens (primary N) is 1. The molecule has 3 rings (SSSR count). The van der Waals surface area contributed by atoms with Gasteiger partial charge in [0.2, 0.25) is 5.91 Å². The number of hydrogen-bond acceptors (Lipinski definition) is 4. The number of sulfonamides is 1. The fourth-order valence-electron chi connectivity index (χ4n) is 2.93. The van der Waals surface area contributed by atoms with Crippen LogP contribution in [0.15, 0.2) is 83.8 Å². The van der Waals surface area contributed by atoms with Crippen LogP contribution in [-0.2, 0) is 10.0 Å². The first kappa shape index (κ1) is 21.1. The molecule has 0 aliphatic rings. The molecule has 0 aliphatic heterocycles. The lowest BCUT2D eigenvalue weighted by Crippen LogP contribution is -2.30. The number of carbonyl (C=O) groups is 2. The smallest absolute Gasteiger partial charge is 0.264 e. The van der Waals surface area contributed by atoms with Crippen molar-refractivity contribution in [2.75, 3.05) is 16.2 Å². The quantitative estimate of drug-likeness (QED) is 0.608. The van der Waals surface area contributed by atoms with E-state index in [9.17, 15) is 18.0 Å². The summed E-state index contributed by atoms with van der Waals surface area (Å²) in [6.45, 7) is 1.99. The van der Waals surface area contributed by atoms with E-state index in [1.165, 1.54) is 40.7 Å². The molecule has 0 spiro atoms. The van der Waals surface area contributed by atoms with Crippen LogP contribution in [-0.4, -0.2) is 26.8 Å². The van der Waals surface area contributed by atoms with Gasteiger partial charge in [-0.1, -0.05) is 24.3 Å². The Hall–Kier alpha value is -3.65. The zero-order chi connectivity index (χ0) is 21.7. The van der Waals surface area contributed by atoms with Crippen molar-refractivity contribution < 1.29 is 18.0 Å². The zero-order valence-electron chi connectivity index (χ0n) is 16.3. The third kappa shape index (κ3) is 4.49. The lowest BCUT2D eigenvalue weighted by Gasteiger charge is -2.23. The first-order chi connectivity index (χ1) is 14.3. The van der Waals surface area contributed by atoms with Crippen molar-refractivity contribution in [2.24, 2.45) is 5.73 Å². The SMILES string of the molecule is CCN(c1ccccc1)S(=O)(=O)c1cccc(C(=O)Nc2ccc(C(N)=O)cc2)c1. The van der Waals surface area contributed by atoms with Crippen LogP contribution in [0.4, 0.5) is 11.4 Å². The summed E-state index contributed by atoms with van der Waals surface area (Å²) in [4.78, 5) is 23.8. The summed E-state index contributed by atoms with van der Waals surface area (Å²) in [6.07, 6.45) is 0. The van der Waals surface area contributed by atoms with Gasteiger partial charge in [-0.2, -0.15) is 0 Å². The third-order valence-electron chi connectivity index (χ3n) is 4.44. The number of anilines is 2. The van der Waals surface area contributed by atoms with E-state index in [0.717, 1.165) is 0 Å². The Morgan fingerprint density at radius 1 is 0.900 bits per heavy atom. The molecule has 0 bridgehead atoms. The normalized spacial score (nSPS) is 11.0. The van der Waals surface area contributed by atoms with Gasteiger partial charge in [0.15, 0.2) is 0 Å². The molecule has 0 aromatic heterocycles. The van der Waals surface area contributed by atoms with E-state index in [4.69, 9.17) is 5.73 Å². The molecule has 0 fully saturated rings. The molecule has 3 N–H and O–H groups in total. The average Bonchev–Trinajstić information content (AvgIpc) is 2.75. The highest BCUT2D eigenvalue weighted by Gasteiger charge is 2.24. The fraction of sp³-hybridized carbons (Fsp3) is 0.0909. The molecule has 0 unspecified atom stereocenters. The number of benzene rings is 3. The summed E-state index contributed by atoms with van der Waals surface area (Å²) in [7, 11) is -3.85. The van der Waals surface area contributed by atoms with E-state index in [0.29, 0.717) is 16.9 Å². The maximum atomic E-state index is 13.1. The van der Waals surface area contributed by atoms with E-state index in [1.54, 1.807) is 43.3 Å². The summed E-state index contributed by atoms with van der Waals surface area (Å²) in [6, 6.07) is 20.7. The number of para-hydroxylation sites is 1. The molecule has 0 heterocycles. The van der Waals surface area contributed by atoms with Crippen molar-refractivity contribution in [1.82, 2.24) is 0 Å². The molecule has 3 aromatic carbocycles. The van der Waals surface area contributed by atoms with Gasteiger partial charge in [0, 0.05) is 23.4 Å². The van der Waals surface area contributed by atoms with Gasteiger partial charge in [-0.15, -0.1) is 0 Å². The molecule has 8 heteroatoms. The third-order valence-corrected chi connectivity index (χ3v) is 6.34. The first-order valence-electron chi connectivity index (χ1n) is 9.22. The van der Waals surface area contributed by atoms with Crippen molar-refractivity contribution in [1.29, 1.82) is 0 Å². The summed E-state index contributed by atoms with van der Waals surface area (Å²) in [5, 5.41) is 2.68. The number of nitrogens with one attached hydrogen (secondary N) is 1. The van der Waals surface area contributed by atoms with E-state index in [-0.39, 0.29) is 17.0 Å². The second kappa shape index (κ2) is 8.79. The second-order valence-electron chi connectivity index (χ2n) is 6.43. The van der Waals surface area contributed by atoms with Gasteiger partial charge in [0.1, 0.15) is 0 Å². The van der Waals surface area contributed by atoms with Crippen molar-refractivity contribution in [2.45, 2.75) is 11.8 Å². The maximum absolute atomic E-state index is 13.1. The molecular weight excluding hydrogens is 402 g/mol. The summed E-state index contributed by atoms with van der Waals surface area (Å²) in [5.74, 6) is -1.04. The molecular formula is C22H21N3O4S. The van der Waals surface area contributed by atoms with E-state index < -0.39 is 21.8 Å². The Balaban J connectivity index is 1.86. The highest BCUT2D eigenvalue weighted by Crippen LogP contribution is 2.24. The molecule has 0 atom stereocenters. The van der Waals surface area contributed by atoms with Gasteiger partial charge in [-0.05, 0) is 61.5 Å². The molecule has 0 saturated heterocycles. The molecule has 3 aromatic rings.